The summed E-state index contributed by atoms with van der Waals surface area (Å²) in [5.41, 5.74) is 0.261. The molecular weight excluding hydrogens is 288 g/mol. The average molecular weight is 308 g/mol. The quantitative estimate of drug-likeness (QED) is 0.770. The number of carboxylic acids is 1. The Kier molecular flexibility index (Phi) is 4.80. The number of aromatic nitrogens is 1. The van der Waals surface area contributed by atoms with Gasteiger partial charge in [0.2, 0.25) is 0 Å². The maximum Gasteiger partial charge on any atom is 0.309 e. The van der Waals surface area contributed by atoms with E-state index in [4.69, 9.17) is 9.84 Å². The fourth-order valence-electron chi connectivity index (χ4n) is 1.86. The maximum absolute atomic E-state index is 11.0. The molecule has 5 nitrogen and oxygen atoms in total. The highest BCUT2D eigenvalue weighted by Gasteiger charge is 2.26. The van der Waals surface area contributed by atoms with Crippen molar-refractivity contribution in [2.75, 3.05) is 13.7 Å². The van der Waals surface area contributed by atoms with Crippen LogP contribution in [-0.4, -0.2) is 29.7 Å². The fraction of sp³-hybridized carbons (Fsp3) is 0.467. The number of hydrogen-bond donors (Lipinski definition) is 2. The zero-order valence-corrected chi connectivity index (χ0v) is 13.3. The number of carbonyl (C=O) groups is 1. The normalized spacial score (nSPS) is 11.8. The first kappa shape index (κ1) is 15.7. The Morgan fingerprint density at radius 1 is 1.48 bits per heavy atom. The van der Waals surface area contributed by atoms with Crippen molar-refractivity contribution in [3.05, 3.63) is 23.2 Å². The zero-order chi connectivity index (χ0) is 15.5. The van der Waals surface area contributed by atoms with E-state index in [0.29, 0.717) is 19.5 Å². The Hall–Kier alpha value is -1.66. The van der Waals surface area contributed by atoms with E-state index in [2.05, 4.69) is 10.3 Å². The summed E-state index contributed by atoms with van der Waals surface area (Å²) in [7, 11) is 1.65. The molecule has 0 radical (unpaired) electrons. The SMILES string of the molecule is COc1ccc2nc(CNCCC(C)(C)C(=O)O)sc2c1. The van der Waals surface area contributed by atoms with Crippen LogP contribution in [0.5, 0.6) is 5.75 Å². The van der Waals surface area contributed by atoms with Crippen LogP contribution in [0.25, 0.3) is 10.2 Å². The Morgan fingerprint density at radius 2 is 2.24 bits per heavy atom. The molecule has 0 aliphatic carbocycles. The maximum atomic E-state index is 11.0. The molecule has 21 heavy (non-hydrogen) atoms. The molecule has 0 aliphatic heterocycles. The van der Waals surface area contributed by atoms with E-state index in [1.165, 1.54) is 0 Å². The number of aliphatic carboxylic acids is 1. The first-order valence-corrected chi connectivity index (χ1v) is 7.61. The van der Waals surface area contributed by atoms with Crippen molar-refractivity contribution in [3.8, 4) is 5.75 Å². The van der Waals surface area contributed by atoms with Crippen molar-refractivity contribution in [1.29, 1.82) is 0 Å². The lowest BCUT2D eigenvalue weighted by atomic mass is 9.90. The number of nitrogens with one attached hydrogen (secondary N) is 1. The molecule has 1 aromatic heterocycles. The number of hydrogen-bond acceptors (Lipinski definition) is 5. The predicted octanol–water partition coefficient (Wildman–Crippen LogP) is 2.90. The second-order valence-electron chi connectivity index (χ2n) is 5.56. The van der Waals surface area contributed by atoms with Crippen molar-refractivity contribution in [2.24, 2.45) is 5.41 Å². The second-order valence-corrected chi connectivity index (χ2v) is 6.67. The third kappa shape index (κ3) is 3.92. The lowest BCUT2D eigenvalue weighted by Crippen LogP contribution is -2.28. The molecule has 2 N–H and O–H groups in total. The van der Waals surface area contributed by atoms with Crippen molar-refractivity contribution in [3.63, 3.8) is 0 Å². The summed E-state index contributed by atoms with van der Waals surface area (Å²) < 4.78 is 6.29. The number of nitrogens with zero attached hydrogens (tertiary/aromatic N) is 1. The first-order valence-electron chi connectivity index (χ1n) is 6.80. The van der Waals surface area contributed by atoms with Crippen LogP contribution in [0.15, 0.2) is 18.2 Å². The molecule has 0 aliphatic rings. The van der Waals surface area contributed by atoms with Crippen LogP contribution in [0, 0.1) is 5.41 Å². The van der Waals surface area contributed by atoms with Gasteiger partial charge < -0.3 is 15.2 Å². The third-order valence-corrected chi connectivity index (χ3v) is 4.44. The summed E-state index contributed by atoms with van der Waals surface area (Å²) in [5.74, 6) is 0.0604. The minimum atomic E-state index is -0.767. The van der Waals surface area contributed by atoms with Crippen molar-refractivity contribution in [1.82, 2.24) is 10.3 Å². The lowest BCUT2D eigenvalue weighted by Gasteiger charge is -2.18. The highest BCUT2D eigenvalue weighted by Crippen LogP contribution is 2.26. The van der Waals surface area contributed by atoms with Gasteiger partial charge in [-0.2, -0.15) is 0 Å². The van der Waals surface area contributed by atoms with Crippen LogP contribution in [0.1, 0.15) is 25.3 Å². The van der Waals surface area contributed by atoms with E-state index in [1.807, 2.05) is 18.2 Å². The Balaban J connectivity index is 1.90. The summed E-state index contributed by atoms with van der Waals surface area (Å²) in [6, 6.07) is 5.82. The largest absolute Gasteiger partial charge is 0.497 e. The Bertz CT molecular complexity index is 637. The van der Waals surface area contributed by atoms with Crippen LogP contribution in [0.3, 0.4) is 0 Å². The van der Waals surface area contributed by atoms with Crippen LogP contribution in [0.2, 0.25) is 0 Å². The molecule has 0 unspecified atom stereocenters. The van der Waals surface area contributed by atoms with Crippen LogP contribution < -0.4 is 10.1 Å². The molecule has 1 aromatic carbocycles. The number of benzene rings is 1. The van der Waals surface area contributed by atoms with Crippen LogP contribution >= 0.6 is 11.3 Å². The van der Waals surface area contributed by atoms with Gasteiger partial charge in [-0.15, -0.1) is 11.3 Å². The molecule has 1 heterocycles. The topological polar surface area (TPSA) is 71.5 Å². The van der Waals surface area contributed by atoms with E-state index in [9.17, 15) is 4.79 Å². The molecule has 0 saturated carbocycles. The van der Waals surface area contributed by atoms with Gasteiger partial charge in [0.1, 0.15) is 10.8 Å². The van der Waals surface area contributed by atoms with Crippen molar-refractivity contribution >= 4 is 27.5 Å². The number of methoxy groups -OCH3 is 1. The summed E-state index contributed by atoms with van der Waals surface area (Å²) in [6.45, 7) is 4.78. The first-order chi connectivity index (χ1) is 9.92. The smallest absolute Gasteiger partial charge is 0.309 e. The molecule has 0 amide bonds. The molecule has 2 rings (SSSR count). The summed E-state index contributed by atoms with van der Waals surface area (Å²) in [4.78, 5) is 15.6. The Morgan fingerprint density at radius 3 is 2.90 bits per heavy atom. The van der Waals surface area contributed by atoms with Gasteiger partial charge in [-0.3, -0.25) is 4.79 Å². The number of carboxylic acid groups (broad SMARTS) is 1. The molecule has 0 spiro atoms. The predicted molar refractivity (Wildman–Crippen MR) is 83.9 cm³/mol. The minimum Gasteiger partial charge on any atom is -0.497 e. The number of rotatable bonds is 7. The Labute approximate surface area is 128 Å². The van der Waals surface area contributed by atoms with Crippen molar-refractivity contribution < 1.29 is 14.6 Å². The molecular formula is C15H20N2O3S. The molecule has 0 saturated heterocycles. The molecule has 0 atom stereocenters. The molecule has 0 bridgehead atoms. The van der Waals surface area contributed by atoms with Crippen LogP contribution in [-0.2, 0) is 11.3 Å². The van der Waals surface area contributed by atoms with Gasteiger partial charge >= 0.3 is 5.97 Å². The molecule has 2 aromatic rings. The third-order valence-electron chi connectivity index (χ3n) is 3.42. The van der Waals surface area contributed by atoms with Gasteiger partial charge in [0.15, 0.2) is 0 Å². The fourth-order valence-corrected chi connectivity index (χ4v) is 2.82. The van der Waals surface area contributed by atoms with E-state index in [0.717, 1.165) is 21.0 Å². The van der Waals surface area contributed by atoms with Gasteiger partial charge in [-0.25, -0.2) is 4.98 Å². The van der Waals surface area contributed by atoms with E-state index in [-0.39, 0.29) is 0 Å². The van der Waals surface area contributed by atoms with Gasteiger partial charge in [0.05, 0.1) is 22.7 Å². The van der Waals surface area contributed by atoms with Gasteiger partial charge in [-0.1, -0.05) is 0 Å². The number of thiazole rings is 1. The highest BCUT2D eigenvalue weighted by atomic mass is 32.1. The lowest BCUT2D eigenvalue weighted by molar-refractivity contribution is -0.147. The summed E-state index contributed by atoms with van der Waals surface area (Å²) in [6.07, 6.45) is 0.584. The molecule has 114 valence electrons. The standard InChI is InChI=1S/C15H20N2O3S/c1-15(2,14(18)19)6-7-16-9-13-17-11-5-4-10(20-3)8-12(11)21-13/h4-5,8,16H,6-7,9H2,1-3H3,(H,18,19). The zero-order valence-electron chi connectivity index (χ0n) is 12.5. The average Bonchev–Trinajstić information content (AvgIpc) is 2.85. The molecule has 0 fully saturated rings. The summed E-state index contributed by atoms with van der Waals surface area (Å²) in [5, 5.41) is 13.3. The summed E-state index contributed by atoms with van der Waals surface area (Å²) >= 11 is 1.62. The van der Waals surface area contributed by atoms with Gasteiger partial charge in [0, 0.05) is 6.54 Å². The van der Waals surface area contributed by atoms with Crippen molar-refractivity contribution in [2.45, 2.75) is 26.8 Å². The van der Waals surface area contributed by atoms with E-state index in [1.54, 1.807) is 32.3 Å². The van der Waals surface area contributed by atoms with Gasteiger partial charge in [-0.05, 0) is 45.0 Å². The highest BCUT2D eigenvalue weighted by molar-refractivity contribution is 7.18. The minimum absolute atomic E-state index is 0.584. The number of ether oxygens (including phenoxy) is 1. The van der Waals surface area contributed by atoms with Crippen LogP contribution in [0.4, 0.5) is 0 Å². The second kappa shape index (κ2) is 6.41. The van der Waals surface area contributed by atoms with E-state index < -0.39 is 11.4 Å². The number of fused-ring (bicyclic) bond motifs is 1. The molecule has 6 heteroatoms. The van der Waals surface area contributed by atoms with Gasteiger partial charge in [0.25, 0.3) is 0 Å². The monoisotopic (exact) mass is 308 g/mol. The van der Waals surface area contributed by atoms with E-state index >= 15 is 0 Å².